The van der Waals surface area contributed by atoms with E-state index in [1.54, 1.807) is 20.3 Å². The molecule has 168 valence electrons. The number of aryl methyl sites for hydroxylation is 1. The van der Waals surface area contributed by atoms with Crippen molar-refractivity contribution in [2.75, 3.05) is 45.4 Å². The maximum Gasteiger partial charge on any atom is 0.254 e. The fourth-order valence-electron chi connectivity index (χ4n) is 4.25. The molecule has 0 N–H and O–H groups in total. The van der Waals surface area contributed by atoms with Gasteiger partial charge >= 0.3 is 0 Å². The third-order valence-corrected chi connectivity index (χ3v) is 5.96. The minimum atomic E-state index is -0.0438. The first-order chi connectivity index (χ1) is 15.6. The molecule has 32 heavy (non-hydrogen) atoms. The minimum Gasteiger partial charge on any atom is -0.497 e. The van der Waals surface area contributed by atoms with E-state index in [9.17, 15) is 4.79 Å². The molecule has 1 saturated heterocycles. The SMILES string of the molecule is COCCN(Cc1cc2cc(C)ccc2nc1N1CCCC1)C(=O)c1cccc(OC)c1. The van der Waals surface area contributed by atoms with Crippen LogP contribution in [0.1, 0.15) is 34.3 Å². The molecule has 0 bridgehead atoms. The van der Waals surface area contributed by atoms with Crippen LogP contribution in [0.15, 0.2) is 48.5 Å². The van der Waals surface area contributed by atoms with Gasteiger partial charge in [-0.1, -0.05) is 17.7 Å². The zero-order chi connectivity index (χ0) is 22.5. The van der Waals surface area contributed by atoms with Crippen molar-refractivity contribution in [1.82, 2.24) is 9.88 Å². The Morgan fingerprint density at radius 3 is 2.66 bits per heavy atom. The van der Waals surface area contributed by atoms with E-state index in [1.807, 2.05) is 23.1 Å². The van der Waals surface area contributed by atoms with Crippen LogP contribution in [0.5, 0.6) is 5.75 Å². The summed E-state index contributed by atoms with van der Waals surface area (Å²) >= 11 is 0. The van der Waals surface area contributed by atoms with E-state index < -0.39 is 0 Å². The van der Waals surface area contributed by atoms with Gasteiger partial charge in [0, 0.05) is 49.8 Å². The quantitative estimate of drug-likeness (QED) is 0.526. The molecule has 1 aliphatic rings. The first kappa shape index (κ1) is 22.1. The lowest BCUT2D eigenvalue weighted by molar-refractivity contribution is 0.0680. The third kappa shape index (κ3) is 4.86. The van der Waals surface area contributed by atoms with E-state index in [1.165, 1.54) is 18.4 Å². The number of ether oxygens (including phenoxy) is 2. The largest absolute Gasteiger partial charge is 0.497 e. The number of aromatic nitrogens is 1. The van der Waals surface area contributed by atoms with Gasteiger partial charge in [0.15, 0.2) is 0 Å². The summed E-state index contributed by atoms with van der Waals surface area (Å²) in [6, 6.07) is 15.8. The number of hydrogen-bond donors (Lipinski definition) is 0. The lowest BCUT2D eigenvalue weighted by Gasteiger charge is -2.27. The highest BCUT2D eigenvalue weighted by atomic mass is 16.5. The Kier molecular flexibility index (Phi) is 6.90. The Hall–Kier alpha value is -3.12. The van der Waals surface area contributed by atoms with Crippen LogP contribution in [0.2, 0.25) is 0 Å². The van der Waals surface area contributed by atoms with Crippen LogP contribution in [0, 0.1) is 6.92 Å². The molecule has 2 aromatic carbocycles. The van der Waals surface area contributed by atoms with E-state index in [0.717, 1.165) is 35.4 Å². The van der Waals surface area contributed by atoms with Crippen LogP contribution >= 0.6 is 0 Å². The van der Waals surface area contributed by atoms with Gasteiger partial charge in [-0.3, -0.25) is 4.79 Å². The summed E-state index contributed by atoms with van der Waals surface area (Å²) in [5, 5.41) is 1.10. The second kappa shape index (κ2) is 10.0. The summed E-state index contributed by atoms with van der Waals surface area (Å²) in [7, 11) is 3.27. The minimum absolute atomic E-state index is 0.0438. The van der Waals surface area contributed by atoms with Gasteiger partial charge in [0.05, 0.1) is 19.2 Å². The summed E-state index contributed by atoms with van der Waals surface area (Å²) < 4.78 is 10.6. The van der Waals surface area contributed by atoms with Crippen molar-refractivity contribution in [3.8, 4) is 5.75 Å². The number of anilines is 1. The molecule has 2 heterocycles. The number of amides is 1. The highest BCUT2D eigenvalue weighted by Gasteiger charge is 2.23. The molecule has 1 fully saturated rings. The summed E-state index contributed by atoms with van der Waals surface area (Å²) in [6.45, 7) is 5.53. The lowest BCUT2D eigenvalue weighted by Crippen LogP contribution is -2.34. The van der Waals surface area contributed by atoms with Crippen LogP contribution in [0.25, 0.3) is 10.9 Å². The van der Waals surface area contributed by atoms with E-state index in [2.05, 4.69) is 36.1 Å². The van der Waals surface area contributed by atoms with Crippen LogP contribution in [-0.4, -0.2) is 56.3 Å². The predicted octanol–water partition coefficient (Wildman–Crippen LogP) is 4.44. The molecule has 0 aliphatic carbocycles. The van der Waals surface area contributed by atoms with Gasteiger partial charge in [-0.15, -0.1) is 0 Å². The standard InChI is InChI=1S/C26H31N3O3/c1-19-9-10-24-21(15-19)16-22(25(27-24)28-11-4-5-12-28)18-29(13-14-31-2)26(30)20-7-6-8-23(17-20)32-3/h6-10,15-17H,4-5,11-14,18H2,1-3H3. The van der Waals surface area contributed by atoms with Crippen molar-refractivity contribution in [3.05, 3.63) is 65.2 Å². The van der Waals surface area contributed by atoms with Gasteiger partial charge in [0.25, 0.3) is 5.91 Å². The Balaban J connectivity index is 1.72. The molecular weight excluding hydrogens is 402 g/mol. The molecule has 6 heteroatoms. The topological polar surface area (TPSA) is 54.9 Å². The maximum atomic E-state index is 13.5. The second-order valence-corrected chi connectivity index (χ2v) is 8.31. The molecule has 6 nitrogen and oxygen atoms in total. The normalized spacial score (nSPS) is 13.5. The smallest absolute Gasteiger partial charge is 0.254 e. The summed E-state index contributed by atoms with van der Waals surface area (Å²) in [6.07, 6.45) is 2.34. The van der Waals surface area contributed by atoms with Crippen LogP contribution < -0.4 is 9.64 Å². The average molecular weight is 434 g/mol. The number of methoxy groups -OCH3 is 2. The summed E-state index contributed by atoms with van der Waals surface area (Å²) in [5.41, 5.74) is 3.86. The van der Waals surface area contributed by atoms with Gasteiger partial charge in [-0.2, -0.15) is 0 Å². The molecule has 0 unspecified atom stereocenters. The highest BCUT2D eigenvalue weighted by molar-refractivity contribution is 5.94. The van der Waals surface area contributed by atoms with Gasteiger partial charge in [-0.25, -0.2) is 4.98 Å². The number of fused-ring (bicyclic) bond motifs is 1. The average Bonchev–Trinajstić information content (AvgIpc) is 3.35. The van der Waals surface area contributed by atoms with Crippen molar-refractivity contribution in [3.63, 3.8) is 0 Å². The molecule has 0 radical (unpaired) electrons. The maximum absolute atomic E-state index is 13.5. The number of hydrogen-bond acceptors (Lipinski definition) is 5. The Labute approximate surface area is 189 Å². The lowest BCUT2D eigenvalue weighted by atomic mass is 10.1. The van der Waals surface area contributed by atoms with Crippen molar-refractivity contribution >= 4 is 22.6 Å². The van der Waals surface area contributed by atoms with Gasteiger partial charge in [0.1, 0.15) is 11.6 Å². The number of carbonyl (C=O) groups is 1. The van der Waals surface area contributed by atoms with Crippen molar-refractivity contribution in [1.29, 1.82) is 0 Å². The second-order valence-electron chi connectivity index (χ2n) is 8.31. The van der Waals surface area contributed by atoms with Crippen LogP contribution in [0.4, 0.5) is 5.82 Å². The number of carbonyl (C=O) groups excluding carboxylic acids is 1. The molecule has 0 spiro atoms. The van der Waals surface area contributed by atoms with E-state index in [4.69, 9.17) is 14.5 Å². The Bertz CT molecular complexity index is 1090. The first-order valence-corrected chi connectivity index (χ1v) is 11.2. The van der Waals surface area contributed by atoms with Crippen molar-refractivity contribution in [2.45, 2.75) is 26.3 Å². The van der Waals surface area contributed by atoms with Gasteiger partial charge in [-0.05, 0) is 56.2 Å². The number of rotatable bonds is 8. The fraction of sp³-hybridized carbons (Fsp3) is 0.385. The molecule has 3 aromatic rings. The first-order valence-electron chi connectivity index (χ1n) is 11.2. The Morgan fingerprint density at radius 2 is 1.91 bits per heavy atom. The molecule has 4 rings (SSSR count). The van der Waals surface area contributed by atoms with Crippen LogP contribution in [0.3, 0.4) is 0 Å². The fourth-order valence-corrected chi connectivity index (χ4v) is 4.25. The Morgan fingerprint density at radius 1 is 1.09 bits per heavy atom. The number of pyridine rings is 1. The summed E-state index contributed by atoms with van der Waals surface area (Å²) in [5.74, 6) is 1.61. The number of benzene rings is 2. The van der Waals surface area contributed by atoms with E-state index in [-0.39, 0.29) is 5.91 Å². The van der Waals surface area contributed by atoms with Crippen molar-refractivity contribution in [2.24, 2.45) is 0 Å². The molecular formula is C26H31N3O3. The molecule has 1 aliphatic heterocycles. The monoisotopic (exact) mass is 433 g/mol. The van der Waals surface area contributed by atoms with E-state index >= 15 is 0 Å². The molecule has 1 amide bonds. The van der Waals surface area contributed by atoms with E-state index in [0.29, 0.717) is 31.0 Å². The zero-order valence-corrected chi connectivity index (χ0v) is 19.1. The molecule has 0 atom stereocenters. The third-order valence-electron chi connectivity index (χ3n) is 5.96. The van der Waals surface area contributed by atoms with Gasteiger partial charge in [0.2, 0.25) is 0 Å². The van der Waals surface area contributed by atoms with Gasteiger partial charge < -0.3 is 19.3 Å². The molecule has 1 aromatic heterocycles. The number of nitrogens with zero attached hydrogens (tertiary/aromatic N) is 3. The highest BCUT2D eigenvalue weighted by Crippen LogP contribution is 2.29. The van der Waals surface area contributed by atoms with Crippen molar-refractivity contribution < 1.29 is 14.3 Å². The summed E-state index contributed by atoms with van der Waals surface area (Å²) in [4.78, 5) is 22.7. The molecule has 0 saturated carbocycles. The van der Waals surface area contributed by atoms with Crippen LogP contribution in [-0.2, 0) is 11.3 Å². The predicted molar refractivity (Wildman–Crippen MR) is 128 cm³/mol. The zero-order valence-electron chi connectivity index (χ0n) is 19.1.